The lowest BCUT2D eigenvalue weighted by molar-refractivity contribution is -0.248. The van der Waals surface area contributed by atoms with Gasteiger partial charge in [-0.3, -0.25) is 14.4 Å². The molecule has 9 nitrogen and oxygen atoms in total. The van der Waals surface area contributed by atoms with Crippen molar-refractivity contribution in [3.05, 3.63) is 0 Å². The third-order valence-electron chi connectivity index (χ3n) is 5.25. The van der Waals surface area contributed by atoms with Gasteiger partial charge in [0.1, 0.15) is 18.3 Å². The van der Waals surface area contributed by atoms with Gasteiger partial charge in [0.25, 0.3) is 0 Å². The second-order valence-electron chi connectivity index (χ2n) is 8.00. The van der Waals surface area contributed by atoms with Crippen LogP contribution in [-0.2, 0) is 28.6 Å². The molecule has 1 aliphatic carbocycles. The Morgan fingerprint density at radius 1 is 0.548 bits per heavy atom. The van der Waals surface area contributed by atoms with Crippen molar-refractivity contribution >= 4 is 17.9 Å². The summed E-state index contributed by atoms with van der Waals surface area (Å²) in [7, 11) is 0. The maximum Gasteiger partial charge on any atom is 0.306 e. The zero-order valence-corrected chi connectivity index (χ0v) is 18.8. The Kier molecular flexibility index (Phi) is 12.7. The average molecular weight is 447 g/mol. The van der Waals surface area contributed by atoms with E-state index in [0.29, 0.717) is 19.3 Å². The number of unbranched alkanes of at least 4 members (excludes halogenated alkanes) is 4. The quantitative estimate of drug-likeness (QED) is 0.219. The van der Waals surface area contributed by atoms with Crippen LogP contribution in [0.3, 0.4) is 0 Å². The predicted molar refractivity (Wildman–Crippen MR) is 111 cm³/mol. The zero-order valence-electron chi connectivity index (χ0n) is 18.8. The van der Waals surface area contributed by atoms with Gasteiger partial charge in [-0.05, 0) is 19.3 Å². The van der Waals surface area contributed by atoms with E-state index in [1.54, 1.807) is 6.92 Å². The summed E-state index contributed by atoms with van der Waals surface area (Å²) in [6.07, 6.45) is -4.22. The van der Waals surface area contributed by atoms with Gasteiger partial charge in [-0.1, -0.05) is 46.5 Å². The highest BCUT2D eigenvalue weighted by Gasteiger charge is 2.55. The normalized spacial score (nSPS) is 28.1. The molecule has 0 radical (unpaired) electrons. The molecule has 0 aromatic rings. The lowest BCUT2D eigenvalue weighted by Gasteiger charge is -2.44. The molecule has 1 aliphatic rings. The smallest absolute Gasteiger partial charge is 0.306 e. The van der Waals surface area contributed by atoms with E-state index >= 15 is 0 Å². The number of aliphatic hydroxyl groups is 3. The van der Waals surface area contributed by atoms with E-state index in [-0.39, 0.29) is 19.3 Å². The van der Waals surface area contributed by atoms with Crippen molar-refractivity contribution < 1.29 is 43.9 Å². The molecule has 1 saturated carbocycles. The minimum absolute atomic E-state index is 0.0561. The van der Waals surface area contributed by atoms with Gasteiger partial charge in [-0.2, -0.15) is 0 Å². The van der Waals surface area contributed by atoms with Crippen LogP contribution in [0.4, 0.5) is 0 Å². The lowest BCUT2D eigenvalue weighted by atomic mass is 9.84. The van der Waals surface area contributed by atoms with Crippen LogP contribution in [0.15, 0.2) is 0 Å². The summed E-state index contributed by atoms with van der Waals surface area (Å²) >= 11 is 0. The van der Waals surface area contributed by atoms with Gasteiger partial charge in [0, 0.05) is 19.3 Å². The molecule has 0 heterocycles. The molecule has 1 rings (SSSR count). The van der Waals surface area contributed by atoms with Crippen LogP contribution >= 0.6 is 0 Å². The maximum atomic E-state index is 12.4. The van der Waals surface area contributed by atoms with E-state index in [4.69, 9.17) is 14.2 Å². The number of hydrogen-bond donors (Lipinski definition) is 3. The fourth-order valence-electron chi connectivity index (χ4n) is 3.45. The number of carbonyl (C=O) groups is 3. The molecule has 6 unspecified atom stereocenters. The first-order valence-corrected chi connectivity index (χ1v) is 11.4. The molecule has 9 heteroatoms. The molecule has 6 atom stereocenters. The van der Waals surface area contributed by atoms with Gasteiger partial charge in [-0.15, -0.1) is 0 Å². The fourth-order valence-corrected chi connectivity index (χ4v) is 3.45. The van der Waals surface area contributed by atoms with Crippen molar-refractivity contribution in [2.75, 3.05) is 0 Å². The van der Waals surface area contributed by atoms with Crippen LogP contribution in [0.1, 0.15) is 85.0 Å². The SMILES string of the molecule is CCCCCC(=O)OC1C(O)C(O)C(O)C(OC(=O)CCC)C1OC(=O)CCCCC. The van der Waals surface area contributed by atoms with Crippen molar-refractivity contribution in [2.45, 2.75) is 122 Å². The number of hydrogen-bond acceptors (Lipinski definition) is 9. The minimum atomic E-state index is -1.75. The topological polar surface area (TPSA) is 140 Å². The first kappa shape index (κ1) is 27.3. The second-order valence-corrected chi connectivity index (χ2v) is 8.00. The van der Waals surface area contributed by atoms with Gasteiger partial charge >= 0.3 is 17.9 Å². The van der Waals surface area contributed by atoms with Gasteiger partial charge in [-0.25, -0.2) is 0 Å². The van der Waals surface area contributed by atoms with E-state index in [9.17, 15) is 29.7 Å². The number of ether oxygens (including phenoxy) is 3. The van der Waals surface area contributed by atoms with Crippen LogP contribution in [0.5, 0.6) is 0 Å². The molecule has 0 aromatic heterocycles. The first-order chi connectivity index (χ1) is 14.8. The Morgan fingerprint density at radius 2 is 0.935 bits per heavy atom. The second kappa shape index (κ2) is 14.4. The van der Waals surface area contributed by atoms with Crippen molar-refractivity contribution in [1.82, 2.24) is 0 Å². The van der Waals surface area contributed by atoms with Crippen molar-refractivity contribution in [3.63, 3.8) is 0 Å². The van der Waals surface area contributed by atoms with E-state index in [1.807, 2.05) is 13.8 Å². The zero-order chi connectivity index (χ0) is 23.4. The van der Waals surface area contributed by atoms with E-state index < -0.39 is 54.5 Å². The molecule has 1 fully saturated rings. The Balaban J connectivity index is 3.05. The Bertz CT molecular complexity index is 565. The fraction of sp³-hybridized carbons (Fsp3) is 0.864. The van der Waals surface area contributed by atoms with Gasteiger partial charge < -0.3 is 29.5 Å². The van der Waals surface area contributed by atoms with Crippen LogP contribution in [-0.4, -0.2) is 69.9 Å². The predicted octanol–water partition coefficient (Wildman–Crippen LogP) is 1.78. The number of aliphatic hydroxyl groups excluding tert-OH is 3. The maximum absolute atomic E-state index is 12.4. The molecule has 0 aliphatic heterocycles. The van der Waals surface area contributed by atoms with Crippen LogP contribution < -0.4 is 0 Å². The molecule has 0 spiro atoms. The van der Waals surface area contributed by atoms with E-state index in [1.165, 1.54) is 0 Å². The van der Waals surface area contributed by atoms with Crippen LogP contribution in [0.25, 0.3) is 0 Å². The van der Waals surface area contributed by atoms with Crippen molar-refractivity contribution in [2.24, 2.45) is 0 Å². The third kappa shape index (κ3) is 8.74. The summed E-state index contributed by atoms with van der Waals surface area (Å²) in [6.45, 7) is 5.73. The molecular weight excluding hydrogens is 408 g/mol. The molecule has 180 valence electrons. The molecule has 3 N–H and O–H groups in total. The van der Waals surface area contributed by atoms with Crippen molar-refractivity contribution in [3.8, 4) is 0 Å². The summed E-state index contributed by atoms with van der Waals surface area (Å²) in [5.41, 5.74) is 0. The lowest BCUT2D eigenvalue weighted by Crippen LogP contribution is -2.66. The summed E-state index contributed by atoms with van der Waals surface area (Å²) < 4.78 is 16.1. The summed E-state index contributed by atoms with van der Waals surface area (Å²) in [4.78, 5) is 36.7. The minimum Gasteiger partial charge on any atom is -0.455 e. The number of rotatable bonds is 13. The van der Waals surface area contributed by atoms with Gasteiger partial charge in [0.15, 0.2) is 18.3 Å². The van der Waals surface area contributed by atoms with Gasteiger partial charge in [0.2, 0.25) is 0 Å². The molecule has 0 saturated heterocycles. The number of esters is 3. The van der Waals surface area contributed by atoms with Crippen LogP contribution in [0.2, 0.25) is 0 Å². The monoisotopic (exact) mass is 446 g/mol. The van der Waals surface area contributed by atoms with Crippen LogP contribution in [0, 0.1) is 0 Å². The van der Waals surface area contributed by atoms with E-state index in [0.717, 1.165) is 25.7 Å². The largest absolute Gasteiger partial charge is 0.455 e. The van der Waals surface area contributed by atoms with E-state index in [2.05, 4.69) is 0 Å². The highest BCUT2D eigenvalue weighted by molar-refractivity contribution is 5.71. The standard InChI is InChI=1S/C22H38O9/c1-4-7-9-12-15(24)30-21-19(28)17(26)18(27)20(29-14(23)11-6-3)22(21)31-16(25)13-10-8-5-2/h17-22,26-28H,4-13H2,1-3H3. The molecule has 0 bridgehead atoms. The Labute approximate surface area is 184 Å². The summed E-state index contributed by atoms with van der Waals surface area (Å²) in [5, 5.41) is 31.1. The van der Waals surface area contributed by atoms with Crippen molar-refractivity contribution in [1.29, 1.82) is 0 Å². The highest BCUT2D eigenvalue weighted by Crippen LogP contribution is 2.30. The van der Waals surface area contributed by atoms with Gasteiger partial charge in [0.05, 0.1) is 0 Å². The third-order valence-corrected chi connectivity index (χ3v) is 5.25. The number of carbonyl (C=O) groups excluding carboxylic acids is 3. The molecule has 0 amide bonds. The highest BCUT2D eigenvalue weighted by atomic mass is 16.6. The molecule has 31 heavy (non-hydrogen) atoms. The summed E-state index contributed by atoms with van der Waals surface area (Å²) in [6, 6.07) is 0. The summed E-state index contributed by atoms with van der Waals surface area (Å²) in [5.74, 6) is -1.92. The average Bonchev–Trinajstić information content (AvgIpc) is 2.72. The first-order valence-electron chi connectivity index (χ1n) is 11.4. The Morgan fingerprint density at radius 3 is 1.32 bits per heavy atom. The molecule has 0 aromatic carbocycles. The molecular formula is C22H38O9. The Hall–Kier alpha value is -1.71.